The number of halogens is 2. The van der Waals surface area contributed by atoms with Crippen molar-refractivity contribution in [1.29, 1.82) is 0 Å². The van der Waals surface area contributed by atoms with E-state index in [-0.39, 0.29) is 6.10 Å². The molecule has 0 aliphatic heterocycles. The fraction of sp³-hybridized carbons (Fsp3) is 0.562. The Hall–Kier alpha value is -1.13. The standard InChI is InChI=1S/C16H20Cl2N2O2/c1-3-21-15-11(17)9-12-14(13(15)18)20(2)16(19-12)22-10-7-5-4-6-8-10/h9-10H,3-8H2,1-2H3. The smallest absolute Gasteiger partial charge is 0.297 e. The minimum absolute atomic E-state index is 0.241. The summed E-state index contributed by atoms with van der Waals surface area (Å²) in [6, 6.07) is 2.37. The molecule has 1 fully saturated rings. The molecule has 0 spiro atoms. The molecule has 1 heterocycles. The molecule has 2 aromatic rings. The van der Waals surface area contributed by atoms with Crippen LogP contribution in [0.25, 0.3) is 11.0 Å². The largest absolute Gasteiger partial charge is 0.491 e. The second-order valence-electron chi connectivity index (χ2n) is 5.63. The molecule has 1 aliphatic carbocycles. The zero-order chi connectivity index (χ0) is 15.7. The number of aryl methyl sites for hydroxylation is 1. The number of hydrogen-bond donors (Lipinski definition) is 0. The highest BCUT2D eigenvalue weighted by atomic mass is 35.5. The summed E-state index contributed by atoms with van der Waals surface area (Å²) < 4.78 is 13.5. The van der Waals surface area contributed by atoms with Crippen molar-refractivity contribution < 1.29 is 9.47 Å². The van der Waals surface area contributed by atoms with Crippen molar-refractivity contribution in [1.82, 2.24) is 9.55 Å². The van der Waals surface area contributed by atoms with Gasteiger partial charge in [0.25, 0.3) is 6.01 Å². The van der Waals surface area contributed by atoms with Gasteiger partial charge in [-0.1, -0.05) is 29.6 Å². The van der Waals surface area contributed by atoms with Gasteiger partial charge in [0.1, 0.15) is 11.1 Å². The van der Waals surface area contributed by atoms with Crippen LogP contribution in [0.15, 0.2) is 6.07 Å². The molecular weight excluding hydrogens is 323 g/mol. The SMILES string of the molecule is CCOc1c(Cl)cc2nc(OC3CCCCC3)n(C)c2c1Cl. The average molecular weight is 343 g/mol. The lowest BCUT2D eigenvalue weighted by atomic mass is 9.98. The van der Waals surface area contributed by atoms with E-state index in [1.54, 1.807) is 6.07 Å². The number of aromatic nitrogens is 2. The Kier molecular flexibility index (Phi) is 4.69. The van der Waals surface area contributed by atoms with E-state index in [1.807, 2.05) is 18.5 Å². The van der Waals surface area contributed by atoms with Crippen molar-refractivity contribution in [2.45, 2.75) is 45.1 Å². The van der Waals surface area contributed by atoms with Crippen molar-refractivity contribution in [2.24, 2.45) is 7.05 Å². The zero-order valence-corrected chi connectivity index (χ0v) is 14.4. The summed E-state index contributed by atoms with van der Waals surface area (Å²) in [5, 5.41) is 0.958. The van der Waals surface area contributed by atoms with Crippen molar-refractivity contribution in [2.75, 3.05) is 6.61 Å². The summed E-state index contributed by atoms with van der Waals surface area (Å²) >= 11 is 12.7. The van der Waals surface area contributed by atoms with Crippen LogP contribution in [-0.4, -0.2) is 22.3 Å². The highest BCUT2D eigenvalue weighted by Crippen LogP contribution is 2.40. The molecule has 0 bridgehead atoms. The van der Waals surface area contributed by atoms with Gasteiger partial charge in [0.15, 0.2) is 5.75 Å². The number of ether oxygens (including phenoxy) is 2. The van der Waals surface area contributed by atoms with Gasteiger partial charge in [-0.15, -0.1) is 0 Å². The number of rotatable bonds is 4. The molecule has 1 aromatic heterocycles. The van der Waals surface area contributed by atoms with E-state index in [2.05, 4.69) is 4.98 Å². The maximum atomic E-state index is 6.46. The van der Waals surface area contributed by atoms with Gasteiger partial charge in [0.05, 0.1) is 22.7 Å². The van der Waals surface area contributed by atoms with E-state index in [0.29, 0.717) is 28.4 Å². The number of hydrogen-bond acceptors (Lipinski definition) is 3. The molecule has 120 valence electrons. The predicted molar refractivity (Wildman–Crippen MR) is 89.4 cm³/mol. The molecule has 0 atom stereocenters. The van der Waals surface area contributed by atoms with Crippen molar-refractivity contribution in [3.63, 3.8) is 0 Å². The third-order valence-corrected chi connectivity index (χ3v) is 4.71. The van der Waals surface area contributed by atoms with Crippen LogP contribution in [0.5, 0.6) is 11.8 Å². The molecule has 0 N–H and O–H groups in total. The summed E-state index contributed by atoms with van der Waals surface area (Å²) in [6.07, 6.45) is 6.14. The Bertz CT molecular complexity index is 679. The first-order valence-electron chi connectivity index (χ1n) is 7.75. The van der Waals surface area contributed by atoms with Crippen LogP contribution in [0.3, 0.4) is 0 Å². The molecule has 1 aliphatic rings. The first-order valence-corrected chi connectivity index (χ1v) is 8.51. The molecule has 0 amide bonds. The van der Waals surface area contributed by atoms with Crippen molar-refractivity contribution >= 4 is 34.2 Å². The van der Waals surface area contributed by atoms with E-state index < -0.39 is 0 Å². The Morgan fingerprint density at radius 2 is 2.00 bits per heavy atom. The molecule has 3 rings (SSSR count). The summed E-state index contributed by atoms with van der Waals surface area (Å²) in [5.41, 5.74) is 1.52. The fourth-order valence-corrected chi connectivity index (χ4v) is 3.65. The second-order valence-corrected chi connectivity index (χ2v) is 6.42. The summed E-state index contributed by atoms with van der Waals surface area (Å²) in [5.74, 6) is 0.505. The second kappa shape index (κ2) is 6.55. The Morgan fingerprint density at radius 1 is 1.27 bits per heavy atom. The number of fused-ring (bicyclic) bond motifs is 1. The number of nitrogens with zero attached hydrogens (tertiary/aromatic N) is 2. The van der Waals surface area contributed by atoms with Gasteiger partial charge >= 0.3 is 0 Å². The van der Waals surface area contributed by atoms with Crippen molar-refractivity contribution in [3.8, 4) is 11.8 Å². The Balaban J connectivity index is 1.99. The van der Waals surface area contributed by atoms with Gasteiger partial charge < -0.3 is 9.47 Å². The summed E-state index contributed by atoms with van der Waals surface area (Å²) in [4.78, 5) is 4.55. The van der Waals surface area contributed by atoms with E-state index in [1.165, 1.54) is 19.3 Å². The molecule has 0 radical (unpaired) electrons. The van der Waals surface area contributed by atoms with E-state index in [0.717, 1.165) is 23.9 Å². The summed E-state index contributed by atoms with van der Waals surface area (Å²) in [6.45, 7) is 2.41. The Morgan fingerprint density at radius 3 is 2.68 bits per heavy atom. The van der Waals surface area contributed by atoms with Crippen molar-refractivity contribution in [3.05, 3.63) is 16.1 Å². The molecule has 22 heavy (non-hydrogen) atoms. The van der Waals surface area contributed by atoms with Crippen LogP contribution in [0.1, 0.15) is 39.0 Å². The highest BCUT2D eigenvalue weighted by Gasteiger charge is 2.22. The molecule has 1 aromatic carbocycles. The lowest BCUT2D eigenvalue weighted by Gasteiger charge is -2.22. The molecule has 0 unspecified atom stereocenters. The molecule has 4 nitrogen and oxygen atoms in total. The van der Waals surface area contributed by atoms with Crippen LogP contribution in [0.2, 0.25) is 10.0 Å². The zero-order valence-electron chi connectivity index (χ0n) is 12.9. The lowest BCUT2D eigenvalue weighted by Crippen LogP contribution is -2.21. The van der Waals surface area contributed by atoms with E-state index in [9.17, 15) is 0 Å². The molecule has 1 saturated carbocycles. The quantitative estimate of drug-likeness (QED) is 0.785. The minimum Gasteiger partial charge on any atom is -0.491 e. The normalized spacial score (nSPS) is 16.2. The third-order valence-electron chi connectivity index (χ3n) is 4.08. The van der Waals surface area contributed by atoms with Gasteiger partial charge in [0, 0.05) is 7.05 Å². The lowest BCUT2D eigenvalue weighted by molar-refractivity contribution is 0.138. The molecule has 6 heteroatoms. The first kappa shape index (κ1) is 15.8. The summed E-state index contributed by atoms with van der Waals surface area (Å²) in [7, 11) is 1.91. The van der Waals surface area contributed by atoms with Crippen LogP contribution in [0.4, 0.5) is 0 Å². The number of benzene rings is 1. The fourth-order valence-electron chi connectivity index (χ4n) is 2.97. The van der Waals surface area contributed by atoms with Crippen LogP contribution in [-0.2, 0) is 7.05 Å². The van der Waals surface area contributed by atoms with Gasteiger partial charge in [-0.25, -0.2) is 0 Å². The number of imidazole rings is 1. The molecule has 0 saturated heterocycles. The minimum atomic E-state index is 0.241. The average Bonchev–Trinajstić information content (AvgIpc) is 2.81. The van der Waals surface area contributed by atoms with Gasteiger partial charge in [0.2, 0.25) is 0 Å². The first-order chi connectivity index (χ1) is 10.6. The topological polar surface area (TPSA) is 36.3 Å². The Labute approximate surface area is 140 Å². The monoisotopic (exact) mass is 342 g/mol. The van der Waals surface area contributed by atoms with Gasteiger partial charge in [-0.2, -0.15) is 4.98 Å². The van der Waals surface area contributed by atoms with Gasteiger partial charge in [-0.05, 0) is 38.7 Å². The highest BCUT2D eigenvalue weighted by molar-refractivity contribution is 6.40. The third kappa shape index (κ3) is 2.86. The molecular formula is C16H20Cl2N2O2. The van der Waals surface area contributed by atoms with E-state index >= 15 is 0 Å². The van der Waals surface area contributed by atoms with Crippen LogP contribution >= 0.6 is 23.2 Å². The predicted octanol–water partition coefficient (Wildman–Crippen LogP) is 4.99. The maximum absolute atomic E-state index is 6.46. The van der Waals surface area contributed by atoms with E-state index in [4.69, 9.17) is 32.7 Å². The maximum Gasteiger partial charge on any atom is 0.297 e. The van der Waals surface area contributed by atoms with Gasteiger partial charge in [-0.3, -0.25) is 4.57 Å². The van der Waals surface area contributed by atoms with Crippen LogP contribution < -0.4 is 9.47 Å². The van der Waals surface area contributed by atoms with Crippen LogP contribution in [0, 0.1) is 0 Å².